The maximum atomic E-state index is 12.5. The van der Waals surface area contributed by atoms with E-state index in [1.165, 1.54) is 72.8 Å². The molecule has 60 heavy (non-hydrogen) atoms. The van der Waals surface area contributed by atoms with Crippen molar-refractivity contribution in [3.8, 4) is 69.0 Å². The van der Waals surface area contributed by atoms with Crippen LogP contribution in [0, 0.1) is 0 Å². The fraction of sp³-hybridized carbons (Fsp3) is 0.200. The number of phenols is 8. The molecular weight excluding hydrogens is 780 g/mol. The zero-order valence-corrected chi connectivity index (χ0v) is 31.0. The molecule has 4 heterocycles. The summed E-state index contributed by atoms with van der Waals surface area (Å²) < 4.78 is 26.0. The Balaban J connectivity index is 1.24. The monoisotopic (exact) mass is 816 g/mol. The number of rotatable bonds is 4. The Bertz CT molecular complexity index is 2700. The number of phenolic OH excluding ortho intramolecular Hbond substituents is 8. The zero-order valence-electron chi connectivity index (χ0n) is 31.0. The molecule has 10 rings (SSSR count). The van der Waals surface area contributed by atoms with E-state index >= 15 is 0 Å². The topological polar surface area (TPSA) is 259 Å². The Morgan fingerprint density at radius 2 is 0.983 bits per heavy atom. The summed E-state index contributed by atoms with van der Waals surface area (Å²) in [6.07, 6.45) is -7.17. The highest BCUT2D eigenvalue weighted by molar-refractivity contribution is 5.72. The minimum atomic E-state index is -2.09. The van der Waals surface area contributed by atoms with E-state index in [2.05, 4.69) is 0 Å². The minimum Gasteiger partial charge on any atom is -0.508 e. The molecular formula is C45H36O15. The van der Waals surface area contributed by atoms with Crippen LogP contribution in [0.4, 0.5) is 0 Å². The van der Waals surface area contributed by atoms with Gasteiger partial charge in [-0.2, -0.15) is 0 Å². The van der Waals surface area contributed by atoms with Crippen molar-refractivity contribution in [1.29, 1.82) is 0 Å². The van der Waals surface area contributed by atoms with Crippen molar-refractivity contribution in [3.63, 3.8) is 0 Å². The summed E-state index contributed by atoms with van der Waals surface area (Å²) in [5.74, 6) is -7.82. The Kier molecular flexibility index (Phi) is 8.13. The summed E-state index contributed by atoms with van der Waals surface area (Å²) >= 11 is 0. The summed E-state index contributed by atoms with van der Waals surface area (Å²) in [5, 5.41) is 124. The number of hydrogen-bond acceptors (Lipinski definition) is 15. The van der Waals surface area contributed by atoms with Gasteiger partial charge in [0.05, 0.1) is 17.9 Å². The Labute approximate surface area is 339 Å². The largest absolute Gasteiger partial charge is 0.508 e. The first-order chi connectivity index (χ1) is 28.7. The quantitative estimate of drug-likeness (QED) is 0.110. The van der Waals surface area contributed by atoms with Gasteiger partial charge in [-0.1, -0.05) is 24.3 Å². The third-order valence-electron chi connectivity index (χ3n) is 11.9. The van der Waals surface area contributed by atoms with E-state index in [-0.39, 0.29) is 85.8 Å². The molecule has 0 aromatic heterocycles. The van der Waals surface area contributed by atoms with Crippen LogP contribution in [0.25, 0.3) is 0 Å². The SMILES string of the molecule is Oc1ccc([C@H]2Oc3c(c(O)cc4c3[C@H]3c5c(O)cc(O)cc5O[C@@](c5ccc(O)cc5)(O4)[C@@H]3O)[C@H](c3c(O)cc(O)c4c3O[C@H](c3ccc(O)cc3)[C@H](O)C4)[C@H]2O)cc1. The van der Waals surface area contributed by atoms with Crippen molar-refractivity contribution in [3.05, 3.63) is 142 Å². The summed E-state index contributed by atoms with van der Waals surface area (Å²) in [6, 6.07) is 21.8. The van der Waals surface area contributed by atoms with Crippen LogP contribution >= 0.6 is 0 Å². The van der Waals surface area contributed by atoms with Crippen molar-refractivity contribution < 1.29 is 75.1 Å². The van der Waals surface area contributed by atoms with Gasteiger partial charge in [-0.25, -0.2) is 0 Å². The van der Waals surface area contributed by atoms with Gasteiger partial charge >= 0.3 is 5.79 Å². The highest BCUT2D eigenvalue weighted by atomic mass is 16.7. The van der Waals surface area contributed by atoms with E-state index in [0.29, 0.717) is 11.1 Å². The second-order valence-electron chi connectivity index (χ2n) is 15.4. The second kappa shape index (κ2) is 13.2. The van der Waals surface area contributed by atoms with Gasteiger partial charge in [0, 0.05) is 64.1 Å². The molecule has 4 aliphatic rings. The van der Waals surface area contributed by atoms with Crippen molar-refractivity contribution in [2.24, 2.45) is 0 Å². The average Bonchev–Trinajstić information content (AvgIpc) is 3.20. The van der Waals surface area contributed by atoms with Crippen LogP contribution in [0.2, 0.25) is 0 Å². The van der Waals surface area contributed by atoms with Gasteiger partial charge in [0.2, 0.25) is 0 Å². The smallest absolute Gasteiger partial charge is 0.305 e. The molecule has 4 aliphatic heterocycles. The van der Waals surface area contributed by atoms with Gasteiger partial charge in [0.15, 0.2) is 6.10 Å². The van der Waals surface area contributed by atoms with Crippen LogP contribution in [0.1, 0.15) is 68.6 Å². The summed E-state index contributed by atoms with van der Waals surface area (Å²) in [7, 11) is 0. The molecule has 15 heteroatoms. The molecule has 6 aromatic carbocycles. The fourth-order valence-electron chi connectivity index (χ4n) is 9.17. The van der Waals surface area contributed by atoms with Gasteiger partial charge in [-0.15, -0.1) is 0 Å². The first-order valence-electron chi connectivity index (χ1n) is 18.9. The third-order valence-corrected chi connectivity index (χ3v) is 11.9. The third kappa shape index (κ3) is 5.40. The number of benzene rings is 6. The first-order valence-corrected chi connectivity index (χ1v) is 18.9. The predicted molar refractivity (Wildman–Crippen MR) is 207 cm³/mol. The van der Waals surface area contributed by atoms with Crippen LogP contribution in [-0.4, -0.2) is 74.5 Å². The summed E-state index contributed by atoms with van der Waals surface area (Å²) in [5.41, 5.74) is 0.936. The average molecular weight is 817 g/mol. The van der Waals surface area contributed by atoms with Crippen molar-refractivity contribution >= 4 is 0 Å². The van der Waals surface area contributed by atoms with Crippen LogP contribution < -0.4 is 18.9 Å². The maximum absolute atomic E-state index is 12.5. The van der Waals surface area contributed by atoms with E-state index in [4.69, 9.17) is 18.9 Å². The number of aromatic hydroxyl groups is 8. The molecule has 6 aromatic rings. The molecule has 0 saturated heterocycles. The first kappa shape index (κ1) is 37.1. The van der Waals surface area contributed by atoms with Gasteiger partial charge < -0.3 is 75.1 Å². The van der Waals surface area contributed by atoms with Crippen LogP contribution in [-0.2, 0) is 12.2 Å². The minimum absolute atomic E-state index is 0.0125. The van der Waals surface area contributed by atoms with Gasteiger partial charge in [-0.3, -0.25) is 0 Å². The molecule has 0 saturated carbocycles. The summed E-state index contributed by atoms with van der Waals surface area (Å²) in [6.45, 7) is 0. The lowest BCUT2D eigenvalue weighted by atomic mass is 9.71. The molecule has 15 nitrogen and oxygen atoms in total. The second-order valence-corrected chi connectivity index (χ2v) is 15.4. The Morgan fingerprint density at radius 1 is 0.467 bits per heavy atom. The molecule has 0 radical (unpaired) electrons. The van der Waals surface area contributed by atoms with Crippen molar-refractivity contribution in [2.45, 2.75) is 54.6 Å². The zero-order chi connectivity index (χ0) is 41.9. The number of aliphatic hydroxyl groups is 3. The van der Waals surface area contributed by atoms with E-state index in [1.54, 1.807) is 12.1 Å². The number of aliphatic hydroxyl groups excluding tert-OH is 3. The molecule has 11 N–H and O–H groups in total. The molecule has 0 aliphatic carbocycles. The van der Waals surface area contributed by atoms with Crippen LogP contribution in [0.3, 0.4) is 0 Å². The number of ether oxygens (including phenoxy) is 4. The number of fused-ring (bicyclic) bond motifs is 9. The lowest BCUT2D eigenvalue weighted by molar-refractivity contribution is -0.219. The van der Waals surface area contributed by atoms with Crippen molar-refractivity contribution in [2.75, 3.05) is 0 Å². The fourth-order valence-corrected chi connectivity index (χ4v) is 9.17. The van der Waals surface area contributed by atoms with E-state index in [1.807, 2.05) is 0 Å². The molecule has 0 fully saturated rings. The Hall–Kier alpha value is -7.20. The molecule has 2 bridgehead atoms. The molecule has 306 valence electrons. The standard InChI is InChI=1S/C45H36O15/c46-21-7-1-18(2-8-21)40-30(54)15-25-26(50)16-28(52)34(42(25)57-40)37-35-29(53)17-32-36(43(35)58-41(39(37)55)19-3-9-22(47)10-4-19)38-33-27(51)13-24(49)14-31(33)59-45(60-32,44(38)56)20-5-11-23(48)12-6-20/h1-14,16-17,30,37-41,44,46-56H,15H2/t30-,37+,38-,39-,40-,41-,44-,45+/m1/s1. The van der Waals surface area contributed by atoms with Crippen LogP contribution in [0.15, 0.2) is 97.1 Å². The lowest BCUT2D eigenvalue weighted by Gasteiger charge is -2.51. The number of hydrogen-bond donors (Lipinski definition) is 11. The lowest BCUT2D eigenvalue weighted by Crippen LogP contribution is -2.57. The Morgan fingerprint density at radius 3 is 1.62 bits per heavy atom. The van der Waals surface area contributed by atoms with E-state index in [9.17, 15) is 56.2 Å². The summed E-state index contributed by atoms with van der Waals surface area (Å²) in [4.78, 5) is 0. The molecule has 0 amide bonds. The normalized spacial score (nSPS) is 25.8. The van der Waals surface area contributed by atoms with Gasteiger partial charge in [-0.05, 0) is 59.7 Å². The highest BCUT2D eigenvalue weighted by Crippen LogP contribution is 2.65. The van der Waals surface area contributed by atoms with Gasteiger partial charge in [0.1, 0.15) is 87.3 Å². The predicted octanol–water partition coefficient (Wildman–Crippen LogP) is 5.13. The highest BCUT2D eigenvalue weighted by Gasteiger charge is 2.61. The van der Waals surface area contributed by atoms with E-state index in [0.717, 1.165) is 12.1 Å². The maximum Gasteiger partial charge on any atom is 0.305 e. The molecule has 0 unspecified atom stereocenters. The van der Waals surface area contributed by atoms with Crippen molar-refractivity contribution in [1.82, 2.24) is 0 Å². The van der Waals surface area contributed by atoms with Crippen LogP contribution in [0.5, 0.6) is 69.0 Å². The van der Waals surface area contributed by atoms with E-state index < -0.39 is 71.1 Å². The molecule has 8 atom stereocenters. The molecule has 0 spiro atoms. The van der Waals surface area contributed by atoms with Gasteiger partial charge in [0.25, 0.3) is 0 Å².